The molecule has 1 saturated carbocycles. The predicted octanol–water partition coefficient (Wildman–Crippen LogP) is 5.90. The van der Waals surface area contributed by atoms with Crippen molar-refractivity contribution in [3.8, 4) is 16.9 Å². The molecule has 1 fully saturated rings. The fraction of sp³-hybridized carbons (Fsp3) is 0.409. The Morgan fingerprint density at radius 1 is 1.00 bits per heavy atom. The van der Waals surface area contributed by atoms with E-state index < -0.39 is 6.10 Å². The molecule has 0 radical (unpaired) electrons. The van der Waals surface area contributed by atoms with E-state index in [1.165, 1.54) is 6.42 Å². The lowest BCUT2D eigenvalue weighted by molar-refractivity contribution is -0.154. The molecule has 4 heteroatoms. The third-order valence-electron chi connectivity index (χ3n) is 4.89. The summed E-state index contributed by atoms with van der Waals surface area (Å²) < 4.78 is 11.3. The van der Waals surface area contributed by atoms with Crippen LogP contribution < -0.4 is 4.74 Å². The van der Waals surface area contributed by atoms with Crippen LogP contribution in [-0.2, 0) is 9.53 Å². The summed E-state index contributed by atoms with van der Waals surface area (Å²) in [6, 6.07) is 15.6. The molecule has 3 nitrogen and oxygen atoms in total. The summed E-state index contributed by atoms with van der Waals surface area (Å²) in [7, 11) is 0. The molecule has 0 amide bonds. The van der Waals surface area contributed by atoms with Crippen LogP contribution in [0.25, 0.3) is 11.1 Å². The van der Waals surface area contributed by atoms with Crippen molar-refractivity contribution >= 4 is 17.6 Å². The van der Waals surface area contributed by atoms with Crippen LogP contribution in [0.1, 0.15) is 39.0 Å². The van der Waals surface area contributed by atoms with Gasteiger partial charge in [-0.3, -0.25) is 0 Å². The minimum atomic E-state index is -0.517. The van der Waals surface area contributed by atoms with Crippen molar-refractivity contribution in [1.29, 1.82) is 0 Å². The van der Waals surface area contributed by atoms with Crippen LogP contribution in [-0.4, -0.2) is 18.7 Å². The van der Waals surface area contributed by atoms with Crippen molar-refractivity contribution in [1.82, 2.24) is 0 Å². The smallest absolute Gasteiger partial charge is 0.347 e. The van der Waals surface area contributed by atoms with Gasteiger partial charge in [-0.2, -0.15) is 0 Å². The molecule has 3 rings (SSSR count). The molecule has 0 saturated heterocycles. The Morgan fingerprint density at radius 2 is 1.58 bits per heavy atom. The van der Waals surface area contributed by atoms with Crippen LogP contribution in [0.5, 0.6) is 5.75 Å². The summed E-state index contributed by atoms with van der Waals surface area (Å²) in [4.78, 5) is 12.4. The molecule has 1 aliphatic rings. The van der Waals surface area contributed by atoms with E-state index in [2.05, 4.69) is 0 Å². The van der Waals surface area contributed by atoms with Crippen LogP contribution in [0, 0.1) is 5.92 Å². The monoisotopic (exact) mass is 372 g/mol. The van der Waals surface area contributed by atoms with E-state index in [4.69, 9.17) is 21.1 Å². The maximum absolute atomic E-state index is 12.4. The van der Waals surface area contributed by atoms with Crippen LogP contribution in [0.2, 0.25) is 5.02 Å². The second-order valence-corrected chi connectivity index (χ2v) is 7.16. The molecule has 0 aromatic heterocycles. The second-order valence-electron chi connectivity index (χ2n) is 6.72. The number of esters is 1. The molecular weight excluding hydrogens is 348 g/mol. The molecule has 2 aromatic rings. The highest BCUT2D eigenvalue weighted by Crippen LogP contribution is 2.31. The molecule has 1 unspecified atom stereocenters. The molecule has 2 aromatic carbocycles. The van der Waals surface area contributed by atoms with Gasteiger partial charge in [0.1, 0.15) is 5.75 Å². The lowest BCUT2D eigenvalue weighted by Gasteiger charge is -2.29. The van der Waals surface area contributed by atoms with Crippen LogP contribution in [0.4, 0.5) is 0 Å². The van der Waals surface area contributed by atoms with E-state index >= 15 is 0 Å². The molecule has 0 heterocycles. The van der Waals surface area contributed by atoms with Gasteiger partial charge in [0.15, 0.2) is 6.10 Å². The Bertz CT molecular complexity index is 703. The average Bonchev–Trinajstić information content (AvgIpc) is 2.68. The van der Waals surface area contributed by atoms with Gasteiger partial charge in [0.25, 0.3) is 0 Å². The van der Waals surface area contributed by atoms with Crippen molar-refractivity contribution in [2.75, 3.05) is 6.61 Å². The summed E-state index contributed by atoms with van der Waals surface area (Å²) >= 11 is 5.95. The van der Waals surface area contributed by atoms with Gasteiger partial charge in [0.2, 0.25) is 0 Å². The second kappa shape index (κ2) is 9.09. The third kappa shape index (κ3) is 4.79. The number of ether oxygens (including phenoxy) is 2. The number of carbonyl (C=O) groups is 1. The molecule has 0 aliphatic heterocycles. The average molecular weight is 373 g/mol. The quantitative estimate of drug-likeness (QED) is 0.592. The topological polar surface area (TPSA) is 35.5 Å². The molecule has 26 heavy (non-hydrogen) atoms. The Hall–Kier alpha value is -2.00. The highest BCUT2D eigenvalue weighted by molar-refractivity contribution is 6.30. The highest BCUT2D eigenvalue weighted by Gasteiger charge is 2.32. The predicted molar refractivity (Wildman–Crippen MR) is 105 cm³/mol. The van der Waals surface area contributed by atoms with Crippen molar-refractivity contribution in [3.05, 3.63) is 53.6 Å². The Balaban J connectivity index is 1.73. The Labute approximate surface area is 160 Å². The number of benzene rings is 2. The lowest BCUT2D eigenvalue weighted by Crippen LogP contribution is -2.37. The maximum Gasteiger partial charge on any atom is 0.347 e. The Kier molecular flexibility index (Phi) is 6.56. The number of rotatable bonds is 6. The minimum Gasteiger partial charge on any atom is -0.478 e. The zero-order valence-electron chi connectivity index (χ0n) is 15.1. The van der Waals surface area contributed by atoms with Gasteiger partial charge in [-0.1, -0.05) is 55.1 Å². The van der Waals surface area contributed by atoms with Crippen molar-refractivity contribution in [2.24, 2.45) is 5.92 Å². The minimum absolute atomic E-state index is 0.235. The fourth-order valence-electron chi connectivity index (χ4n) is 3.51. The van der Waals surface area contributed by atoms with E-state index in [1.54, 1.807) is 0 Å². The summed E-state index contributed by atoms with van der Waals surface area (Å²) in [6.07, 6.45) is 5.07. The van der Waals surface area contributed by atoms with Crippen LogP contribution >= 0.6 is 11.6 Å². The van der Waals surface area contributed by atoms with Gasteiger partial charge in [-0.05, 0) is 55.2 Å². The first-order valence-corrected chi connectivity index (χ1v) is 9.74. The summed E-state index contributed by atoms with van der Waals surface area (Å²) in [5.41, 5.74) is 2.18. The van der Waals surface area contributed by atoms with Crippen molar-refractivity contribution < 1.29 is 14.3 Å². The number of hydrogen-bond donors (Lipinski definition) is 0. The van der Waals surface area contributed by atoms with Gasteiger partial charge in [-0.25, -0.2) is 4.79 Å². The standard InChI is InChI=1S/C22H25ClO3/c1-2-25-22(24)21(18-6-4-3-5-7-18)26-20-14-10-17(11-15-20)16-8-12-19(23)13-9-16/h8-15,18,21H,2-7H2,1H3. The van der Waals surface area contributed by atoms with Crippen LogP contribution in [0.3, 0.4) is 0 Å². The highest BCUT2D eigenvalue weighted by atomic mass is 35.5. The van der Waals surface area contributed by atoms with E-state index in [0.717, 1.165) is 41.8 Å². The number of carbonyl (C=O) groups excluding carboxylic acids is 1. The van der Waals surface area contributed by atoms with Crippen LogP contribution in [0.15, 0.2) is 48.5 Å². The SMILES string of the molecule is CCOC(=O)C(Oc1ccc(-c2ccc(Cl)cc2)cc1)C1CCCCC1. The summed E-state index contributed by atoms with van der Waals surface area (Å²) in [6.45, 7) is 2.21. The fourth-order valence-corrected chi connectivity index (χ4v) is 3.64. The molecule has 0 bridgehead atoms. The van der Waals surface area contributed by atoms with E-state index in [-0.39, 0.29) is 11.9 Å². The zero-order chi connectivity index (χ0) is 18.4. The zero-order valence-corrected chi connectivity index (χ0v) is 15.9. The van der Waals surface area contributed by atoms with Crippen molar-refractivity contribution in [3.63, 3.8) is 0 Å². The van der Waals surface area contributed by atoms with Gasteiger partial charge < -0.3 is 9.47 Å². The van der Waals surface area contributed by atoms with E-state index in [0.29, 0.717) is 12.4 Å². The molecular formula is C22H25ClO3. The Morgan fingerprint density at radius 3 is 2.15 bits per heavy atom. The largest absolute Gasteiger partial charge is 0.478 e. The van der Waals surface area contributed by atoms with Gasteiger partial charge >= 0.3 is 5.97 Å². The molecule has 1 atom stereocenters. The molecule has 138 valence electrons. The first-order chi connectivity index (χ1) is 12.7. The van der Waals surface area contributed by atoms with E-state index in [1.807, 2.05) is 55.5 Å². The molecule has 0 N–H and O–H groups in total. The lowest BCUT2D eigenvalue weighted by atomic mass is 9.85. The number of hydrogen-bond acceptors (Lipinski definition) is 3. The van der Waals surface area contributed by atoms with Gasteiger partial charge in [-0.15, -0.1) is 0 Å². The third-order valence-corrected chi connectivity index (χ3v) is 5.14. The molecule has 0 spiro atoms. The van der Waals surface area contributed by atoms with Gasteiger partial charge in [0.05, 0.1) is 6.61 Å². The first-order valence-electron chi connectivity index (χ1n) is 9.36. The summed E-state index contributed by atoms with van der Waals surface area (Å²) in [5, 5.41) is 0.721. The maximum atomic E-state index is 12.4. The normalized spacial score (nSPS) is 16.1. The first kappa shape index (κ1) is 18.8. The summed E-state index contributed by atoms with van der Waals surface area (Å²) in [5.74, 6) is 0.686. The number of halogens is 1. The van der Waals surface area contributed by atoms with Gasteiger partial charge in [0, 0.05) is 10.9 Å². The van der Waals surface area contributed by atoms with Crippen molar-refractivity contribution in [2.45, 2.75) is 45.1 Å². The molecule has 1 aliphatic carbocycles. The van der Waals surface area contributed by atoms with E-state index in [9.17, 15) is 4.79 Å².